The highest BCUT2D eigenvalue weighted by atomic mass is 16.3. The molecule has 1 amide bonds. The summed E-state index contributed by atoms with van der Waals surface area (Å²) in [5.41, 5.74) is 1.12. The third-order valence-corrected chi connectivity index (χ3v) is 3.26. The summed E-state index contributed by atoms with van der Waals surface area (Å²) in [6.07, 6.45) is -0.0257. The van der Waals surface area contributed by atoms with E-state index in [1.54, 1.807) is 19.9 Å². The maximum Gasteiger partial charge on any atom is 0.261 e. The summed E-state index contributed by atoms with van der Waals surface area (Å²) < 4.78 is 0. The van der Waals surface area contributed by atoms with Crippen LogP contribution in [0, 0.1) is 6.92 Å². The molecule has 3 N–H and O–H groups in total. The fraction of sp³-hybridized carbons (Fsp3) is 0.333. The van der Waals surface area contributed by atoms with Crippen LogP contribution in [0.4, 0.5) is 0 Å². The highest BCUT2D eigenvalue weighted by Gasteiger charge is 2.16. The lowest BCUT2D eigenvalue weighted by molar-refractivity contribution is 0.0943. The number of H-pyrrole nitrogens is 1. The first kappa shape index (κ1) is 14.3. The van der Waals surface area contributed by atoms with Gasteiger partial charge in [-0.25, -0.2) is 0 Å². The number of aryl methyl sites for hydroxylation is 1. The monoisotopic (exact) mass is 274 g/mol. The number of aliphatic hydroxyl groups is 1. The topological polar surface area (TPSA) is 82.2 Å². The minimum atomic E-state index is -0.480. The zero-order valence-electron chi connectivity index (χ0n) is 11.6. The summed E-state index contributed by atoms with van der Waals surface area (Å²) in [6, 6.07) is 7.37. The van der Waals surface area contributed by atoms with Crippen LogP contribution in [0.15, 0.2) is 29.1 Å². The molecule has 1 aromatic heterocycles. The third kappa shape index (κ3) is 2.88. The van der Waals surface area contributed by atoms with E-state index in [1.165, 1.54) is 0 Å². The predicted octanol–water partition coefficient (Wildman–Crippen LogP) is 1.34. The average molecular weight is 274 g/mol. The van der Waals surface area contributed by atoms with Crippen molar-refractivity contribution in [2.75, 3.05) is 6.54 Å². The molecule has 2 aromatic rings. The molecule has 2 rings (SSSR count). The summed E-state index contributed by atoms with van der Waals surface area (Å²) >= 11 is 0. The molecule has 106 valence electrons. The van der Waals surface area contributed by atoms with E-state index in [2.05, 4.69) is 10.3 Å². The second-order valence-electron chi connectivity index (χ2n) is 4.89. The number of carbonyl (C=O) groups excluding carboxylic acids is 1. The molecule has 1 heterocycles. The van der Waals surface area contributed by atoms with Gasteiger partial charge in [0.05, 0.1) is 6.10 Å². The van der Waals surface area contributed by atoms with Crippen LogP contribution in [0.2, 0.25) is 0 Å². The van der Waals surface area contributed by atoms with Gasteiger partial charge in [0.1, 0.15) is 5.56 Å². The number of aromatic amines is 1. The standard InChI is InChI=1S/C15H18N2O3/c1-9(18)7-8-16-14(19)13-10(2)11-5-3-4-6-12(11)17-15(13)20/h3-6,9,18H,7-8H2,1-2H3,(H,16,19)(H,17,20). The number of para-hydroxylation sites is 1. The number of amides is 1. The fourth-order valence-corrected chi connectivity index (χ4v) is 2.17. The Balaban J connectivity index is 2.34. The van der Waals surface area contributed by atoms with E-state index in [0.717, 1.165) is 10.9 Å². The number of aliphatic hydroxyl groups excluding tert-OH is 1. The van der Waals surface area contributed by atoms with Gasteiger partial charge in [0.25, 0.3) is 11.5 Å². The van der Waals surface area contributed by atoms with Crippen molar-refractivity contribution >= 4 is 16.8 Å². The number of benzene rings is 1. The molecule has 0 saturated heterocycles. The summed E-state index contributed by atoms with van der Waals surface area (Å²) in [5, 5.41) is 12.7. The molecular weight excluding hydrogens is 256 g/mol. The number of hydrogen-bond donors (Lipinski definition) is 3. The van der Waals surface area contributed by atoms with Gasteiger partial charge in [0.15, 0.2) is 0 Å². The molecule has 1 unspecified atom stereocenters. The van der Waals surface area contributed by atoms with Crippen LogP contribution >= 0.6 is 0 Å². The van der Waals surface area contributed by atoms with Gasteiger partial charge in [-0.2, -0.15) is 0 Å². The molecule has 0 spiro atoms. The van der Waals surface area contributed by atoms with E-state index in [9.17, 15) is 9.59 Å². The molecule has 0 aliphatic heterocycles. The van der Waals surface area contributed by atoms with Crippen LogP contribution in [0.25, 0.3) is 10.9 Å². The smallest absolute Gasteiger partial charge is 0.261 e. The van der Waals surface area contributed by atoms with Gasteiger partial charge < -0.3 is 15.4 Å². The second-order valence-corrected chi connectivity index (χ2v) is 4.89. The van der Waals surface area contributed by atoms with E-state index in [4.69, 9.17) is 5.11 Å². The first-order valence-electron chi connectivity index (χ1n) is 6.58. The maximum absolute atomic E-state index is 12.1. The van der Waals surface area contributed by atoms with Crippen LogP contribution in [0.5, 0.6) is 0 Å². The van der Waals surface area contributed by atoms with Crippen LogP contribution in [-0.2, 0) is 0 Å². The summed E-state index contributed by atoms with van der Waals surface area (Å²) in [7, 11) is 0. The van der Waals surface area contributed by atoms with Crippen LogP contribution in [0.1, 0.15) is 29.3 Å². The predicted molar refractivity (Wildman–Crippen MR) is 77.9 cm³/mol. The van der Waals surface area contributed by atoms with Gasteiger partial charge >= 0.3 is 0 Å². The van der Waals surface area contributed by atoms with Gasteiger partial charge in [0.2, 0.25) is 0 Å². The highest BCUT2D eigenvalue weighted by molar-refractivity contribution is 5.99. The number of rotatable bonds is 4. The van der Waals surface area contributed by atoms with Crippen molar-refractivity contribution in [1.29, 1.82) is 0 Å². The molecule has 0 bridgehead atoms. The largest absolute Gasteiger partial charge is 0.393 e. The molecule has 0 radical (unpaired) electrons. The van der Waals surface area contributed by atoms with Crippen molar-refractivity contribution in [2.24, 2.45) is 0 Å². The second kappa shape index (κ2) is 5.88. The van der Waals surface area contributed by atoms with Crippen LogP contribution < -0.4 is 10.9 Å². The van der Waals surface area contributed by atoms with Crippen molar-refractivity contribution in [3.05, 3.63) is 45.7 Å². The molecule has 5 heteroatoms. The number of aromatic nitrogens is 1. The summed E-state index contributed by atoms with van der Waals surface area (Å²) in [6.45, 7) is 3.75. The molecule has 0 fully saturated rings. The van der Waals surface area contributed by atoms with E-state index in [1.807, 2.05) is 18.2 Å². The van der Waals surface area contributed by atoms with E-state index < -0.39 is 17.6 Å². The molecule has 0 aliphatic rings. The molecule has 0 saturated carbocycles. The lowest BCUT2D eigenvalue weighted by Crippen LogP contribution is -2.32. The number of nitrogens with one attached hydrogen (secondary N) is 2. The highest BCUT2D eigenvalue weighted by Crippen LogP contribution is 2.16. The Morgan fingerprint density at radius 1 is 1.40 bits per heavy atom. The van der Waals surface area contributed by atoms with Crippen LogP contribution in [0.3, 0.4) is 0 Å². The van der Waals surface area contributed by atoms with Crippen molar-refractivity contribution < 1.29 is 9.90 Å². The summed E-state index contributed by atoms with van der Waals surface area (Å²) in [5.74, 6) is -0.407. The van der Waals surface area contributed by atoms with Crippen LogP contribution in [-0.4, -0.2) is 28.6 Å². The van der Waals surface area contributed by atoms with Crippen molar-refractivity contribution in [3.63, 3.8) is 0 Å². The van der Waals surface area contributed by atoms with Gasteiger partial charge in [-0.3, -0.25) is 9.59 Å². The quantitative estimate of drug-likeness (QED) is 0.786. The molecule has 1 atom stereocenters. The van der Waals surface area contributed by atoms with Crippen molar-refractivity contribution in [3.8, 4) is 0 Å². The van der Waals surface area contributed by atoms with Gasteiger partial charge in [-0.05, 0) is 31.9 Å². The number of pyridine rings is 1. The molecule has 20 heavy (non-hydrogen) atoms. The molecule has 1 aromatic carbocycles. The first-order valence-corrected chi connectivity index (χ1v) is 6.58. The average Bonchev–Trinajstić information content (AvgIpc) is 2.38. The molecule has 5 nitrogen and oxygen atoms in total. The van der Waals surface area contributed by atoms with Gasteiger partial charge in [-0.15, -0.1) is 0 Å². The number of hydrogen-bond acceptors (Lipinski definition) is 3. The Morgan fingerprint density at radius 2 is 2.10 bits per heavy atom. The SMILES string of the molecule is Cc1c(C(=O)NCCC(C)O)c(=O)[nH]c2ccccc12. The van der Waals surface area contributed by atoms with E-state index >= 15 is 0 Å². The number of carbonyl (C=O) groups is 1. The zero-order chi connectivity index (χ0) is 14.7. The lowest BCUT2D eigenvalue weighted by Gasteiger charge is -2.10. The lowest BCUT2D eigenvalue weighted by atomic mass is 10.0. The van der Waals surface area contributed by atoms with E-state index in [0.29, 0.717) is 18.5 Å². The van der Waals surface area contributed by atoms with Crippen molar-refractivity contribution in [1.82, 2.24) is 10.3 Å². The maximum atomic E-state index is 12.1. The van der Waals surface area contributed by atoms with Gasteiger partial charge in [-0.1, -0.05) is 18.2 Å². The molecular formula is C15H18N2O3. The first-order chi connectivity index (χ1) is 9.50. The zero-order valence-corrected chi connectivity index (χ0v) is 11.6. The number of fused-ring (bicyclic) bond motifs is 1. The minimum absolute atomic E-state index is 0.134. The van der Waals surface area contributed by atoms with E-state index in [-0.39, 0.29) is 5.56 Å². The Bertz CT molecular complexity index is 689. The Hall–Kier alpha value is -2.14. The fourth-order valence-electron chi connectivity index (χ4n) is 2.17. The Labute approximate surface area is 116 Å². The summed E-state index contributed by atoms with van der Waals surface area (Å²) in [4.78, 5) is 26.8. The third-order valence-electron chi connectivity index (χ3n) is 3.26. The van der Waals surface area contributed by atoms with Crippen molar-refractivity contribution in [2.45, 2.75) is 26.4 Å². The normalized spacial score (nSPS) is 12.3. The Kier molecular flexibility index (Phi) is 4.20. The van der Waals surface area contributed by atoms with Gasteiger partial charge in [0, 0.05) is 17.4 Å². The molecule has 0 aliphatic carbocycles. The minimum Gasteiger partial charge on any atom is -0.393 e. The Morgan fingerprint density at radius 3 is 2.80 bits per heavy atom.